The first kappa shape index (κ1) is 62.6. The second kappa shape index (κ2) is 46.7. The van der Waals surface area contributed by atoms with E-state index in [1.807, 2.05) is 27.2 Å². The van der Waals surface area contributed by atoms with Crippen molar-refractivity contribution in [2.75, 3.05) is 40.9 Å². The van der Waals surface area contributed by atoms with Crippen LogP contribution in [0.3, 0.4) is 0 Å². The summed E-state index contributed by atoms with van der Waals surface area (Å²) in [6, 6.07) is -0.908. The van der Waals surface area contributed by atoms with Crippen molar-refractivity contribution in [3.8, 4) is 0 Å². The number of unbranched alkanes of at least 4 members (excludes halogenated alkanes) is 11. The highest BCUT2D eigenvalue weighted by Crippen LogP contribution is 2.38. The highest BCUT2D eigenvalue weighted by molar-refractivity contribution is 7.45. The number of hydrogen-bond acceptors (Lipinski definition) is 6. The van der Waals surface area contributed by atoms with Gasteiger partial charge >= 0.3 is 0 Å². The van der Waals surface area contributed by atoms with Crippen LogP contribution >= 0.6 is 7.82 Å². The lowest BCUT2D eigenvalue weighted by Crippen LogP contribution is -2.45. The summed E-state index contributed by atoms with van der Waals surface area (Å²) >= 11 is 0. The molecule has 0 aliphatic rings. The quantitative estimate of drug-likeness (QED) is 0.0273. The van der Waals surface area contributed by atoms with Gasteiger partial charge in [-0.25, -0.2) is 0 Å². The lowest BCUT2D eigenvalue weighted by Gasteiger charge is -2.29. The third kappa shape index (κ3) is 48.6. The van der Waals surface area contributed by atoms with Crippen LogP contribution in [0.2, 0.25) is 0 Å². The summed E-state index contributed by atoms with van der Waals surface area (Å²) in [6.45, 7) is 4.44. The summed E-state index contributed by atoms with van der Waals surface area (Å²) < 4.78 is 23.1. The van der Waals surface area contributed by atoms with Gasteiger partial charge in [0.1, 0.15) is 13.2 Å². The van der Waals surface area contributed by atoms with Crippen LogP contribution in [0.15, 0.2) is 134 Å². The van der Waals surface area contributed by atoms with Crippen molar-refractivity contribution in [3.63, 3.8) is 0 Å². The van der Waals surface area contributed by atoms with Gasteiger partial charge in [0.2, 0.25) is 5.91 Å². The number of nitrogens with one attached hydrogen (secondary N) is 1. The number of aliphatic hydroxyl groups is 1. The number of allylic oxidation sites excluding steroid dienone is 21. The first-order chi connectivity index (χ1) is 32.0. The van der Waals surface area contributed by atoms with Crippen molar-refractivity contribution in [3.05, 3.63) is 134 Å². The van der Waals surface area contributed by atoms with Crippen LogP contribution in [0.25, 0.3) is 0 Å². The molecule has 3 unspecified atom stereocenters. The molecule has 0 aromatic carbocycles. The topological polar surface area (TPSA) is 108 Å². The monoisotopic (exact) mass is 935 g/mol. The first-order valence-electron chi connectivity index (χ1n) is 25.5. The number of phosphoric acid groups is 1. The van der Waals surface area contributed by atoms with Crippen LogP contribution in [0.5, 0.6) is 0 Å². The van der Waals surface area contributed by atoms with Gasteiger partial charge in [-0.05, 0) is 96.3 Å². The van der Waals surface area contributed by atoms with Gasteiger partial charge in [0.25, 0.3) is 7.82 Å². The Bertz CT molecular complexity index is 1530. The maximum absolute atomic E-state index is 12.9. The molecule has 2 N–H and O–H groups in total. The average molecular weight is 935 g/mol. The zero-order chi connectivity index (χ0) is 48.5. The third-order valence-corrected chi connectivity index (χ3v) is 11.3. The predicted molar refractivity (Wildman–Crippen MR) is 283 cm³/mol. The molecule has 1 amide bonds. The number of aliphatic hydroxyl groups excluding tert-OH is 1. The number of carbonyl (C=O) groups excluding carboxylic acids is 1. The van der Waals surface area contributed by atoms with Crippen LogP contribution in [-0.4, -0.2) is 68.5 Å². The molecule has 0 aliphatic carbocycles. The Labute approximate surface area is 405 Å². The first-order valence-corrected chi connectivity index (χ1v) is 27.0. The van der Waals surface area contributed by atoms with Crippen molar-refractivity contribution in [2.24, 2.45) is 0 Å². The molecule has 0 saturated heterocycles. The Kier molecular flexibility index (Phi) is 44.4. The number of hydrogen-bond donors (Lipinski definition) is 2. The van der Waals surface area contributed by atoms with Crippen LogP contribution < -0.4 is 10.2 Å². The molecule has 3 atom stereocenters. The summed E-state index contributed by atoms with van der Waals surface area (Å²) in [5.74, 6) is -0.232. The van der Waals surface area contributed by atoms with E-state index in [1.54, 1.807) is 6.08 Å². The molecule has 66 heavy (non-hydrogen) atoms. The average Bonchev–Trinajstić information content (AvgIpc) is 3.28. The molecule has 0 fully saturated rings. The standard InChI is InChI=1S/C57H95N2O6P/c1-6-8-10-12-14-16-17-18-19-20-21-22-23-24-25-26-27-28-29-30-31-32-33-34-35-36-37-38-39-40-41-43-45-47-49-51-57(61)58-55(54-65-66(62,63)64-53-52-59(3,4)5)56(60)50-48-46-44-42-15-13-11-9-7-2/h8,10,14,16,18-19,21-22,24-25,27-28,30-31,33-34,36-37,39-40,48,50,55-56,60H,6-7,9,11-13,15,17,20,23,26,29,32,35,38,41-47,49,51-54H2,1-5H3,(H-,58,61,62,63)/b10-8-,16-14-,19-18-,22-21-,25-24-,28-27-,31-30-,34-33-,37-36-,40-39-,50-48+. The number of likely N-dealkylation sites (N-methyl/N-ethyl adjacent to an activating group) is 1. The SMILES string of the molecule is CC/C=C\C/C=C\C/C=C\C/C=C\C/C=C\C/C=C\C/C=C\C/C=C\C/C=C\C/C=C\CCCCCCC(=O)NC(COP(=O)([O-])OCC[N+](C)(C)C)C(O)/C=C/CCCCCCCCC. The van der Waals surface area contributed by atoms with E-state index in [9.17, 15) is 19.4 Å². The second-order valence-corrected chi connectivity index (χ2v) is 19.2. The van der Waals surface area contributed by atoms with E-state index in [4.69, 9.17) is 9.05 Å². The maximum Gasteiger partial charge on any atom is 0.268 e. The normalized spacial score (nSPS) is 15.2. The van der Waals surface area contributed by atoms with E-state index >= 15 is 0 Å². The fraction of sp³-hybridized carbons (Fsp3) is 0.596. The molecule has 374 valence electrons. The third-order valence-electron chi connectivity index (χ3n) is 10.4. The second-order valence-electron chi connectivity index (χ2n) is 17.8. The zero-order valence-electron chi connectivity index (χ0n) is 42.3. The van der Waals surface area contributed by atoms with E-state index in [1.165, 1.54) is 32.1 Å². The highest BCUT2D eigenvalue weighted by Gasteiger charge is 2.23. The molecule has 0 aromatic heterocycles. The maximum atomic E-state index is 12.9. The molecule has 0 heterocycles. The van der Waals surface area contributed by atoms with Crippen molar-refractivity contribution < 1.29 is 32.9 Å². The Morgan fingerprint density at radius 1 is 0.545 bits per heavy atom. The summed E-state index contributed by atoms with van der Waals surface area (Å²) in [5.41, 5.74) is 0. The molecule has 9 heteroatoms. The van der Waals surface area contributed by atoms with Crippen LogP contribution in [0.1, 0.15) is 168 Å². The van der Waals surface area contributed by atoms with Crippen LogP contribution in [0.4, 0.5) is 0 Å². The molecule has 0 rings (SSSR count). The lowest BCUT2D eigenvalue weighted by molar-refractivity contribution is -0.870. The number of amides is 1. The Morgan fingerprint density at radius 3 is 1.35 bits per heavy atom. The summed E-state index contributed by atoms with van der Waals surface area (Å²) in [7, 11) is 1.22. The smallest absolute Gasteiger partial charge is 0.268 e. The van der Waals surface area contributed by atoms with E-state index in [2.05, 4.69) is 141 Å². The van der Waals surface area contributed by atoms with Crippen molar-refractivity contribution in [2.45, 2.75) is 180 Å². The van der Waals surface area contributed by atoms with Gasteiger partial charge in [-0.15, -0.1) is 0 Å². The highest BCUT2D eigenvalue weighted by atomic mass is 31.2. The molecule has 0 bridgehead atoms. The Morgan fingerprint density at radius 2 is 0.924 bits per heavy atom. The molecule has 0 radical (unpaired) electrons. The van der Waals surface area contributed by atoms with Gasteiger partial charge in [0.05, 0.1) is 39.9 Å². The van der Waals surface area contributed by atoms with Gasteiger partial charge in [0.15, 0.2) is 0 Å². The largest absolute Gasteiger partial charge is 0.756 e. The molecular formula is C57H95N2O6P. The number of nitrogens with zero attached hydrogens (tertiary/aromatic N) is 1. The molecule has 0 aromatic rings. The Hall–Kier alpha value is -3.36. The molecule has 0 aliphatic heterocycles. The number of rotatable bonds is 44. The fourth-order valence-electron chi connectivity index (χ4n) is 6.35. The molecule has 0 spiro atoms. The number of phosphoric ester groups is 1. The molecular weight excluding hydrogens is 840 g/mol. The summed E-state index contributed by atoms with van der Waals surface area (Å²) in [4.78, 5) is 25.3. The van der Waals surface area contributed by atoms with E-state index in [0.29, 0.717) is 17.4 Å². The van der Waals surface area contributed by atoms with Gasteiger partial charge in [0, 0.05) is 6.42 Å². The summed E-state index contributed by atoms with van der Waals surface area (Å²) in [5, 5.41) is 13.7. The van der Waals surface area contributed by atoms with E-state index in [-0.39, 0.29) is 12.5 Å². The van der Waals surface area contributed by atoms with Gasteiger partial charge < -0.3 is 28.8 Å². The van der Waals surface area contributed by atoms with Crippen molar-refractivity contribution in [1.82, 2.24) is 5.32 Å². The minimum Gasteiger partial charge on any atom is -0.756 e. The van der Waals surface area contributed by atoms with E-state index < -0.39 is 26.6 Å². The predicted octanol–water partition coefficient (Wildman–Crippen LogP) is 14.6. The van der Waals surface area contributed by atoms with Gasteiger partial charge in [-0.1, -0.05) is 199 Å². The van der Waals surface area contributed by atoms with Crippen molar-refractivity contribution in [1.29, 1.82) is 0 Å². The number of carbonyl (C=O) groups is 1. The lowest BCUT2D eigenvalue weighted by atomic mass is 10.1. The fourth-order valence-corrected chi connectivity index (χ4v) is 7.08. The molecule has 0 saturated carbocycles. The van der Waals surface area contributed by atoms with Crippen LogP contribution in [0, 0.1) is 0 Å². The van der Waals surface area contributed by atoms with Crippen molar-refractivity contribution >= 4 is 13.7 Å². The zero-order valence-corrected chi connectivity index (χ0v) is 43.2. The van der Waals surface area contributed by atoms with Gasteiger partial charge in [-0.2, -0.15) is 0 Å². The van der Waals surface area contributed by atoms with Gasteiger partial charge in [-0.3, -0.25) is 9.36 Å². The minimum atomic E-state index is -4.60. The number of quaternary nitrogens is 1. The van der Waals surface area contributed by atoms with Crippen LogP contribution in [-0.2, 0) is 18.4 Å². The Balaban J connectivity index is 4.21. The minimum absolute atomic E-state index is 0.0142. The molecule has 8 nitrogen and oxygen atoms in total. The summed E-state index contributed by atoms with van der Waals surface area (Å²) in [6.07, 6.45) is 71.0. The van der Waals surface area contributed by atoms with E-state index in [0.717, 1.165) is 116 Å².